The number of pyridine rings is 1. The van der Waals surface area contributed by atoms with E-state index < -0.39 is 11.2 Å². The van der Waals surface area contributed by atoms with Gasteiger partial charge in [-0.2, -0.15) is 4.57 Å². The number of rotatable bonds is 9. The molecule has 0 aliphatic carbocycles. The molecule has 0 spiro atoms. The second-order valence-electron chi connectivity index (χ2n) is 8.06. The van der Waals surface area contributed by atoms with Gasteiger partial charge in [-0.05, 0) is 24.8 Å². The molecule has 3 N–H and O–H groups in total. The molecule has 2 aromatic heterocycles. The minimum atomic E-state index is -0.633. The highest BCUT2D eigenvalue weighted by Gasteiger charge is 2.27. The second kappa shape index (κ2) is 10.2. The first-order valence-corrected chi connectivity index (χ1v) is 10.6. The van der Waals surface area contributed by atoms with Crippen molar-refractivity contribution in [1.29, 1.82) is 0 Å². The fourth-order valence-corrected chi connectivity index (χ4v) is 3.34. The Labute approximate surface area is 177 Å². The van der Waals surface area contributed by atoms with Crippen LogP contribution >= 0.6 is 0 Å². The first kappa shape index (κ1) is 23.4. The van der Waals surface area contributed by atoms with Crippen LogP contribution in [0.15, 0.2) is 27.9 Å². The zero-order valence-corrected chi connectivity index (χ0v) is 18.7. The number of carbonyl (C=O) groups excluding carboxylic acids is 1. The minimum absolute atomic E-state index is 0.0333. The van der Waals surface area contributed by atoms with Crippen molar-refractivity contribution in [2.24, 2.45) is 5.92 Å². The SMILES string of the molecule is CCCCN(C(=O)C[n+]1cc(CC)ccc1C)c1c(N)n(CC(C)C)c(=O)[nH]c1=O. The number of nitrogens with one attached hydrogen (secondary N) is 1. The van der Waals surface area contributed by atoms with Gasteiger partial charge in [-0.25, -0.2) is 4.79 Å². The Morgan fingerprint density at radius 2 is 1.97 bits per heavy atom. The fourth-order valence-electron chi connectivity index (χ4n) is 3.34. The number of carbonyl (C=O) groups is 1. The number of H-pyrrole nitrogens is 1. The van der Waals surface area contributed by atoms with Gasteiger partial charge in [0.15, 0.2) is 17.6 Å². The summed E-state index contributed by atoms with van der Waals surface area (Å²) in [6, 6.07) is 4.02. The number of hydrogen-bond donors (Lipinski definition) is 2. The molecular formula is C22H34N5O3+. The molecule has 164 valence electrons. The van der Waals surface area contributed by atoms with Crippen LogP contribution < -0.4 is 26.4 Å². The molecule has 0 radical (unpaired) electrons. The Bertz CT molecular complexity index is 1010. The Morgan fingerprint density at radius 1 is 1.27 bits per heavy atom. The normalized spacial score (nSPS) is 11.1. The molecule has 2 rings (SSSR count). The van der Waals surface area contributed by atoms with E-state index in [4.69, 9.17) is 5.73 Å². The number of anilines is 2. The van der Waals surface area contributed by atoms with Crippen molar-refractivity contribution in [3.63, 3.8) is 0 Å². The first-order chi connectivity index (χ1) is 14.2. The molecular weight excluding hydrogens is 382 g/mol. The van der Waals surface area contributed by atoms with Crippen LogP contribution in [0, 0.1) is 12.8 Å². The van der Waals surface area contributed by atoms with E-state index in [1.165, 1.54) is 9.47 Å². The van der Waals surface area contributed by atoms with Gasteiger partial charge < -0.3 is 5.73 Å². The summed E-state index contributed by atoms with van der Waals surface area (Å²) in [5.74, 6) is -0.0544. The Hall–Kier alpha value is -2.90. The Kier molecular flexibility index (Phi) is 7.97. The molecule has 0 aromatic carbocycles. The number of nitrogens with two attached hydrogens (primary N) is 1. The topological polar surface area (TPSA) is 105 Å². The van der Waals surface area contributed by atoms with Crippen LogP contribution in [-0.4, -0.2) is 22.0 Å². The zero-order valence-electron chi connectivity index (χ0n) is 18.7. The number of hydrogen-bond acceptors (Lipinski definition) is 4. The van der Waals surface area contributed by atoms with Crippen LogP contribution in [-0.2, 0) is 24.3 Å². The summed E-state index contributed by atoms with van der Waals surface area (Å²) < 4.78 is 3.22. The first-order valence-electron chi connectivity index (χ1n) is 10.6. The quantitative estimate of drug-likeness (QED) is 0.608. The summed E-state index contributed by atoms with van der Waals surface area (Å²) in [5.41, 5.74) is 7.19. The van der Waals surface area contributed by atoms with Crippen molar-refractivity contribution in [3.8, 4) is 0 Å². The molecule has 0 unspecified atom stereocenters. The van der Waals surface area contributed by atoms with E-state index in [0.717, 1.165) is 24.1 Å². The summed E-state index contributed by atoms with van der Waals surface area (Å²) in [6.07, 6.45) is 4.39. The lowest BCUT2D eigenvalue weighted by Crippen LogP contribution is -2.49. The van der Waals surface area contributed by atoms with E-state index in [-0.39, 0.29) is 29.9 Å². The van der Waals surface area contributed by atoms with Gasteiger partial charge in [-0.3, -0.25) is 24.0 Å². The van der Waals surface area contributed by atoms with Crippen molar-refractivity contribution < 1.29 is 9.36 Å². The highest BCUT2D eigenvalue weighted by Crippen LogP contribution is 2.19. The molecule has 0 saturated carbocycles. The van der Waals surface area contributed by atoms with Crippen molar-refractivity contribution in [3.05, 3.63) is 50.4 Å². The van der Waals surface area contributed by atoms with Gasteiger partial charge in [0.05, 0.1) is 0 Å². The molecule has 2 heterocycles. The molecule has 0 aliphatic heterocycles. The third kappa shape index (κ3) is 5.37. The number of nitrogen functional groups attached to an aromatic ring is 1. The second-order valence-corrected chi connectivity index (χ2v) is 8.06. The molecule has 0 aliphatic rings. The van der Waals surface area contributed by atoms with E-state index >= 15 is 0 Å². The monoisotopic (exact) mass is 416 g/mol. The van der Waals surface area contributed by atoms with Gasteiger partial charge in [-0.15, -0.1) is 0 Å². The van der Waals surface area contributed by atoms with Crippen LogP contribution in [0.4, 0.5) is 11.5 Å². The molecule has 0 bridgehead atoms. The third-order valence-corrected chi connectivity index (χ3v) is 5.10. The Morgan fingerprint density at radius 3 is 2.57 bits per heavy atom. The van der Waals surface area contributed by atoms with E-state index in [1.807, 2.05) is 50.6 Å². The maximum absolute atomic E-state index is 13.3. The number of unbranched alkanes of at least 4 members (excludes halogenated alkanes) is 1. The molecule has 0 saturated heterocycles. The predicted molar refractivity (Wildman–Crippen MR) is 119 cm³/mol. The number of amides is 1. The van der Waals surface area contributed by atoms with Gasteiger partial charge in [0.2, 0.25) is 6.54 Å². The summed E-state index contributed by atoms with van der Waals surface area (Å²) in [6.45, 7) is 10.7. The van der Waals surface area contributed by atoms with Gasteiger partial charge in [0, 0.05) is 31.6 Å². The smallest absolute Gasteiger partial charge is 0.330 e. The molecule has 8 nitrogen and oxygen atoms in total. The lowest BCUT2D eigenvalue weighted by atomic mass is 10.2. The third-order valence-electron chi connectivity index (χ3n) is 5.10. The number of aromatic nitrogens is 3. The van der Waals surface area contributed by atoms with Crippen LogP contribution in [0.1, 0.15) is 51.8 Å². The average molecular weight is 417 g/mol. The highest BCUT2D eigenvalue weighted by atomic mass is 16.2. The van der Waals surface area contributed by atoms with Gasteiger partial charge in [-0.1, -0.05) is 34.1 Å². The van der Waals surface area contributed by atoms with Gasteiger partial charge in [0.25, 0.3) is 11.5 Å². The maximum Gasteiger partial charge on any atom is 0.330 e. The summed E-state index contributed by atoms with van der Waals surface area (Å²) in [7, 11) is 0. The van der Waals surface area contributed by atoms with Crippen molar-refractivity contribution in [1.82, 2.24) is 9.55 Å². The predicted octanol–water partition coefficient (Wildman–Crippen LogP) is 1.77. The molecule has 30 heavy (non-hydrogen) atoms. The lowest BCUT2D eigenvalue weighted by molar-refractivity contribution is -0.690. The standard InChI is InChI=1S/C22H33N5O3/c1-6-8-11-26(18(28)14-25-13-17(7-2)10-9-16(25)5)19-20(23)27(12-15(3)4)22(30)24-21(19)29/h9-10,13,15H,6-8,11-12,14H2,1-5H3,(H2-,23,24,29,30)/p+1. The van der Waals surface area contributed by atoms with Crippen molar-refractivity contribution in [2.75, 3.05) is 17.2 Å². The van der Waals surface area contributed by atoms with E-state index in [9.17, 15) is 14.4 Å². The Balaban J connectivity index is 2.51. The molecule has 2 aromatic rings. The molecule has 0 fully saturated rings. The van der Waals surface area contributed by atoms with E-state index in [2.05, 4.69) is 11.9 Å². The zero-order chi connectivity index (χ0) is 22.4. The van der Waals surface area contributed by atoms with Crippen LogP contribution in [0.5, 0.6) is 0 Å². The average Bonchev–Trinajstić information content (AvgIpc) is 2.68. The van der Waals surface area contributed by atoms with Crippen LogP contribution in [0.3, 0.4) is 0 Å². The summed E-state index contributed by atoms with van der Waals surface area (Å²) in [4.78, 5) is 42.0. The molecule has 1 amide bonds. The number of aryl methyl sites for hydroxylation is 2. The summed E-state index contributed by atoms with van der Waals surface area (Å²) >= 11 is 0. The number of nitrogens with zero attached hydrogens (tertiary/aromatic N) is 3. The van der Waals surface area contributed by atoms with Crippen LogP contribution in [0.2, 0.25) is 0 Å². The maximum atomic E-state index is 13.3. The van der Waals surface area contributed by atoms with Gasteiger partial charge >= 0.3 is 5.69 Å². The van der Waals surface area contributed by atoms with Crippen molar-refractivity contribution in [2.45, 2.75) is 67.0 Å². The van der Waals surface area contributed by atoms with E-state index in [1.54, 1.807) is 0 Å². The van der Waals surface area contributed by atoms with Crippen LogP contribution in [0.25, 0.3) is 0 Å². The minimum Gasteiger partial charge on any atom is -0.383 e. The molecule has 0 atom stereocenters. The largest absolute Gasteiger partial charge is 0.383 e. The lowest BCUT2D eigenvalue weighted by Gasteiger charge is -2.24. The van der Waals surface area contributed by atoms with E-state index in [0.29, 0.717) is 19.5 Å². The van der Waals surface area contributed by atoms with Crippen molar-refractivity contribution >= 4 is 17.4 Å². The van der Waals surface area contributed by atoms with Gasteiger partial charge in [0.1, 0.15) is 5.82 Å². The highest BCUT2D eigenvalue weighted by molar-refractivity contribution is 5.94. The number of aromatic amines is 1. The summed E-state index contributed by atoms with van der Waals surface area (Å²) in [5, 5.41) is 0. The fraction of sp³-hybridized carbons (Fsp3) is 0.545. The molecule has 8 heteroatoms.